The van der Waals surface area contributed by atoms with Crippen molar-refractivity contribution in [3.63, 3.8) is 0 Å². The van der Waals surface area contributed by atoms with Gasteiger partial charge in [0, 0.05) is 48.8 Å². The molecule has 2 aromatic rings. The van der Waals surface area contributed by atoms with Gasteiger partial charge in [0.25, 0.3) is 11.8 Å². The maximum absolute atomic E-state index is 14.0. The number of allylic oxidation sites excluding steroid dienone is 1. The molecule has 0 radical (unpaired) electrons. The molecule has 6 N–H and O–H groups in total. The van der Waals surface area contributed by atoms with Crippen molar-refractivity contribution < 1.29 is 82.9 Å². The van der Waals surface area contributed by atoms with Crippen molar-refractivity contribution in [3.8, 4) is 17.2 Å². The van der Waals surface area contributed by atoms with Gasteiger partial charge in [-0.15, -0.1) is 5.06 Å². The Morgan fingerprint density at radius 2 is 1.70 bits per heavy atom. The zero-order valence-electron chi connectivity index (χ0n) is 33.5. The van der Waals surface area contributed by atoms with Crippen molar-refractivity contribution >= 4 is 41.2 Å². The highest BCUT2D eigenvalue weighted by atomic mass is 16.7. The number of aromatic hydroxyl groups is 2. The first kappa shape index (κ1) is 43.4. The largest absolute Gasteiger partial charge is 0.507 e. The fraction of sp³-hybridized carbons (Fsp3) is 0.500. The number of aliphatic hydroxyl groups excluding tert-OH is 2. The fourth-order valence-electron chi connectivity index (χ4n) is 8.67. The Hall–Kier alpha value is -5.73. The summed E-state index contributed by atoms with van der Waals surface area (Å²) in [5, 5.41) is 59.0. The molecule has 19 heteroatoms. The highest BCUT2D eigenvalue weighted by molar-refractivity contribution is 6.31. The molecule has 61 heavy (non-hydrogen) atoms. The van der Waals surface area contributed by atoms with E-state index in [4.69, 9.17) is 23.8 Å². The van der Waals surface area contributed by atoms with Crippen LogP contribution < -0.4 is 10.1 Å². The zero-order valence-corrected chi connectivity index (χ0v) is 33.5. The molecule has 8 atom stereocenters. The lowest BCUT2D eigenvalue weighted by atomic mass is 9.72. The van der Waals surface area contributed by atoms with Gasteiger partial charge in [0.15, 0.2) is 17.9 Å². The Balaban J connectivity index is 1.10. The number of Topliss-reactive ketones (excluding diaryl/α,β-unsaturated/α-hetero) is 1. The number of imide groups is 1. The highest BCUT2D eigenvalue weighted by Gasteiger charge is 2.51. The first-order chi connectivity index (χ1) is 28.9. The molecule has 19 nitrogen and oxygen atoms in total. The molecule has 3 amide bonds. The number of ketones is 3. The predicted octanol–water partition coefficient (Wildman–Crippen LogP) is 1.88. The van der Waals surface area contributed by atoms with Crippen molar-refractivity contribution in [2.45, 2.75) is 114 Å². The fourth-order valence-corrected chi connectivity index (χ4v) is 8.67. The van der Waals surface area contributed by atoms with Crippen LogP contribution >= 0.6 is 0 Å². The van der Waals surface area contributed by atoms with E-state index >= 15 is 0 Å². The van der Waals surface area contributed by atoms with E-state index in [0.29, 0.717) is 17.9 Å². The summed E-state index contributed by atoms with van der Waals surface area (Å²) in [6.45, 7) is 2.00. The lowest BCUT2D eigenvalue weighted by Gasteiger charge is -2.42. The van der Waals surface area contributed by atoms with Crippen molar-refractivity contribution in [2.24, 2.45) is 5.41 Å². The average molecular weight is 851 g/mol. The van der Waals surface area contributed by atoms with Gasteiger partial charge < -0.3 is 54.6 Å². The number of ether oxygens (including phenoxy) is 4. The lowest BCUT2D eigenvalue weighted by Crippen LogP contribution is -2.56. The highest BCUT2D eigenvalue weighted by Crippen LogP contribution is 2.52. The normalized spacial score (nSPS) is 30.3. The van der Waals surface area contributed by atoms with Crippen LogP contribution in [0.3, 0.4) is 0 Å². The van der Waals surface area contributed by atoms with Gasteiger partial charge in [0.1, 0.15) is 41.7 Å². The van der Waals surface area contributed by atoms with Crippen LogP contribution in [0, 0.1) is 5.41 Å². The molecule has 2 aromatic carbocycles. The molecule has 2 unspecified atom stereocenters. The molecule has 0 saturated carbocycles. The molecule has 0 spiro atoms. The van der Waals surface area contributed by atoms with Crippen LogP contribution in [0.1, 0.15) is 114 Å². The van der Waals surface area contributed by atoms with Gasteiger partial charge in [0.2, 0.25) is 5.78 Å². The Bertz CT molecular complexity index is 2220. The number of hydrogen-bond donors (Lipinski definition) is 6. The van der Waals surface area contributed by atoms with Crippen LogP contribution in [0.5, 0.6) is 17.2 Å². The number of nitrogens with one attached hydrogen (secondary N) is 1. The van der Waals surface area contributed by atoms with Gasteiger partial charge in [-0.3, -0.25) is 24.0 Å². The summed E-state index contributed by atoms with van der Waals surface area (Å²) in [4.78, 5) is 96.5. The van der Waals surface area contributed by atoms with Gasteiger partial charge in [-0.2, -0.15) is 0 Å². The Labute approximate surface area is 348 Å². The number of methoxy groups -OCH3 is 1. The number of fused-ring (bicyclic) bond motifs is 3. The summed E-state index contributed by atoms with van der Waals surface area (Å²) in [6, 6.07) is 3.17. The smallest absolute Gasteiger partial charge is 0.408 e. The SMILES string of the molecule is COc1cccc2c1C(=O)c1c(O)c3c(c(O)c1C2=O)C[C@@](O)(C(=O)CO)C[C@@H]3O[C@H]1CC(NC(=O)O[C@@H]2/C=C/CC[C@](C)(C(=O)ON3C(=O)CCC3=O)CC2)[C@@H](O)C(C)O1. The lowest BCUT2D eigenvalue weighted by molar-refractivity contribution is -0.249. The minimum Gasteiger partial charge on any atom is -0.507 e. The van der Waals surface area contributed by atoms with E-state index in [1.807, 2.05) is 0 Å². The van der Waals surface area contributed by atoms with Crippen LogP contribution in [0.2, 0.25) is 0 Å². The molecule has 2 heterocycles. The van der Waals surface area contributed by atoms with Crippen molar-refractivity contribution in [2.75, 3.05) is 13.7 Å². The van der Waals surface area contributed by atoms with Crippen LogP contribution in [-0.4, -0.2) is 122 Å². The number of carbonyl (C=O) groups excluding carboxylic acids is 7. The maximum atomic E-state index is 14.0. The number of amides is 3. The van der Waals surface area contributed by atoms with E-state index in [2.05, 4.69) is 5.32 Å². The van der Waals surface area contributed by atoms with Crippen molar-refractivity contribution in [1.82, 2.24) is 10.4 Å². The second-order valence-electron chi connectivity index (χ2n) is 16.2. The van der Waals surface area contributed by atoms with Gasteiger partial charge in [-0.1, -0.05) is 18.2 Å². The van der Waals surface area contributed by atoms with E-state index in [9.17, 15) is 59.1 Å². The molecule has 3 aliphatic carbocycles. The molecule has 0 bridgehead atoms. The first-order valence-electron chi connectivity index (χ1n) is 19.9. The standard InChI is InChI=1S/C42H46N2O17/c1-19-34(49)23(43-40(55)59-20-7-4-5-13-41(2,14-12-20)39(54)61-44-27(47)10-11-28(44)48)15-29(58-19)60-25-17-42(56,26(46)18-45)16-22-31(25)38(53)33-32(36(22)51)35(50)21-8-6-9-24(57-3)30(21)37(33)52/h4,6-9,19-20,23,25,29,34,45,49,51,53,56H,5,10-18H2,1-3H3,(H,43,55)/b7-4+/t19?,20-,23?,25+,29+,34+,41+,42+/m1/s1. The number of phenolic OH excluding ortho intramolecular Hbond substituents is 2. The second kappa shape index (κ2) is 16.6. The monoisotopic (exact) mass is 850 g/mol. The topological polar surface area (TPSA) is 282 Å². The number of alkyl carbamates (subject to hydrolysis) is 1. The van der Waals surface area contributed by atoms with E-state index in [0.717, 1.165) is 0 Å². The summed E-state index contributed by atoms with van der Waals surface area (Å²) < 4.78 is 23.1. The van der Waals surface area contributed by atoms with Crippen LogP contribution in [0.4, 0.5) is 4.79 Å². The Kier molecular flexibility index (Phi) is 11.8. The summed E-state index contributed by atoms with van der Waals surface area (Å²) in [7, 11) is 1.29. The number of hydrogen-bond acceptors (Lipinski definition) is 17. The van der Waals surface area contributed by atoms with Gasteiger partial charge in [0.05, 0.1) is 47.5 Å². The molecule has 2 aliphatic heterocycles. The van der Waals surface area contributed by atoms with Gasteiger partial charge in [-0.05, 0) is 51.7 Å². The molecular formula is C42H46N2O17. The summed E-state index contributed by atoms with van der Waals surface area (Å²) >= 11 is 0. The summed E-state index contributed by atoms with van der Waals surface area (Å²) in [5.74, 6) is -6.26. The molecule has 7 rings (SSSR count). The third-order valence-corrected chi connectivity index (χ3v) is 12.2. The van der Waals surface area contributed by atoms with Crippen molar-refractivity contribution in [3.05, 3.63) is 63.7 Å². The zero-order chi connectivity index (χ0) is 44.1. The predicted molar refractivity (Wildman–Crippen MR) is 204 cm³/mol. The molecule has 326 valence electrons. The van der Waals surface area contributed by atoms with Gasteiger partial charge in [-0.25, -0.2) is 9.59 Å². The third-order valence-electron chi connectivity index (χ3n) is 12.2. The van der Waals surface area contributed by atoms with Crippen LogP contribution in [-0.2, 0) is 44.6 Å². The van der Waals surface area contributed by atoms with E-state index in [-0.39, 0.29) is 60.1 Å². The number of carbonyl (C=O) groups is 7. The van der Waals surface area contributed by atoms with Gasteiger partial charge >= 0.3 is 12.1 Å². The molecule has 0 aromatic heterocycles. The number of rotatable bonds is 9. The number of benzene rings is 2. The quantitative estimate of drug-likeness (QED) is 0.102. The average Bonchev–Trinajstić information content (AvgIpc) is 3.54. The van der Waals surface area contributed by atoms with Crippen LogP contribution in [0.25, 0.3) is 0 Å². The minimum atomic E-state index is -2.39. The van der Waals surface area contributed by atoms with E-state index in [1.54, 1.807) is 19.1 Å². The molecule has 2 fully saturated rings. The van der Waals surface area contributed by atoms with E-state index < -0.39 is 131 Å². The molecular weight excluding hydrogens is 804 g/mol. The molecule has 5 aliphatic rings. The Morgan fingerprint density at radius 3 is 2.39 bits per heavy atom. The summed E-state index contributed by atoms with van der Waals surface area (Å²) in [5.41, 5.74) is -5.43. The second-order valence-corrected chi connectivity index (χ2v) is 16.2. The first-order valence-corrected chi connectivity index (χ1v) is 19.9. The number of aliphatic hydroxyl groups is 3. The Morgan fingerprint density at radius 1 is 1.00 bits per heavy atom. The third kappa shape index (κ3) is 7.87. The summed E-state index contributed by atoms with van der Waals surface area (Å²) in [6.07, 6.45) is -4.27. The maximum Gasteiger partial charge on any atom is 0.408 e. The number of hydroxylamine groups is 2. The minimum absolute atomic E-state index is 0.0354. The number of phenols is 2. The van der Waals surface area contributed by atoms with E-state index in [1.165, 1.54) is 32.2 Å². The van der Waals surface area contributed by atoms with Crippen LogP contribution in [0.15, 0.2) is 30.4 Å². The van der Waals surface area contributed by atoms with Crippen molar-refractivity contribution in [1.29, 1.82) is 0 Å². The number of nitrogens with zero attached hydrogens (tertiary/aromatic N) is 1. The molecule has 2 saturated heterocycles.